The number of para-hydroxylation sites is 3. The predicted molar refractivity (Wildman–Crippen MR) is 557 cm³/mol. The van der Waals surface area contributed by atoms with Crippen molar-refractivity contribution in [1.29, 1.82) is 0 Å². The first-order valence-electron chi connectivity index (χ1n) is 43.5. The maximum Gasteiger partial charge on any atom is 0.223 e. The summed E-state index contributed by atoms with van der Waals surface area (Å²) < 4.78 is 6.54. The summed E-state index contributed by atoms with van der Waals surface area (Å²) in [5, 5.41) is 11.8. The van der Waals surface area contributed by atoms with Crippen molar-refractivity contribution in [2.24, 2.45) is 0 Å². The Kier molecular flexibility index (Phi) is 21.0. The minimum Gasteiger partial charge on any atom is -0.264 e. The zero-order chi connectivity index (χ0) is 89.3. The highest BCUT2D eigenvalue weighted by Gasteiger charge is 2.24. The largest absolute Gasteiger partial charge is 0.264 e. The van der Waals surface area contributed by atoms with Crippen LogP contribution in [-0.4, -0.2) is 64.8 Å². The summed E-state index contributed by atoms with van der Waals surface area (Å²) in [6.45, 7) is 0. The molecule has 0 saturated carbocycles. The second-order valence-electron chi connectivity index (χ2n) is 32.4. The number of thiophene rings is 3. The zero-order valence-corrected chi connectivity index (χ0v) is 75.5. The molecule has 630 valence electrons. The first-order chi connectivity index (χ1) is 66.1. The van der Waals surface area contributed by atoms with Gasteiger partial charge in [-0.15, -0.1) is 34.0 Å². The molecule has 16 aromatic carbocycles. The van der Waals surface area contributed by atoms with Crippen molar-refractivity contribution < 1.29 is 0 Å². The molecule has 0 aliphatic carbocycles. The molecule has 0 fully saturated rings. The molecule has 0 bridgehead atoms. The summed E-state index contributed by atoms with van der Waals surface area (Å²) >= 11 is 24.3. The van der Waals surface area contributed by atoms with E-state index in [0.29, 0.717) is 17.5 Å². The van der Waals surface area contributed by atoms with Gasteiger partial charge in [0.25, 0.3) is 0 Å². The number of benzene rings is 16. The standard InChI is InChI=1S/C42H25ClN4S.C38H21ClN4S.C35H20ClN5S/c43-42-46-38(40-39(47-42)34-16-8-10-18-36(34)48-40)28-19-21-29(22-20-28)41-44-35-17-9-7-15-33(35)37(45-41)32-24-30(26-11-3-1-4-12-26)23-31(25-32)27-13-5-2-6-14-27;39-38-42-33(36-35(43-38)29-14-6-8-16-32(29)44-36)22-17-19-23(20-18-22)37-40-31-15-7-5-13-28(31)34(41-37)30-21-24-9-1-2-10-25(24)26-11-3-4-12-27(26)30;36-35-40-31(33-32(41-35)27-11-2-4-13-29(27)42-33)21-14-16-22(17-15-21)34-38-28-12-3-1-10-26(28)30(39-34)24-8-5-7-23(19-24)25-9-6-18-37-20-25/h1-25H;1-21H;1-20H. The molecule has 0 aliphatic rings. The molecule has 0 aliphatic heterocycles. The van der Waals surface area contributed by atoms with E-state index in [0.717, 1.165) is 211 Å². The minimum atomic E-state index is 0.236. The Hall–Kier alpha value is -16.0. The second kappa shape index (κ2) is 34.7. The van der Waals surface area contributed by atoms with Gasteiger partial charge >= 0.3 is 0 Å². The van der Waals surface area contributed by atoms with Gasteiger partial charge in [0.15, 0.2) is 17.5 Å². The Morgan fingerprint density at radius 2 is 0.515 bits per heavy atom. The van der Waals surface area contributed by atoms with E-state index in [2.05, 4.69) is 320 Å². The number of halogens is 3. The van der Waals surface area contributed by atoms with Crippen LogP contribution in [0, 0.1) is 0 Å². The molecule has 0 amide bonds. The fourth-order valence-electron chi connectivity index (χ4n) is 17.9. The smallest absolute Gasteiger partial charge is 0.223 e. The molecule has 10 aromatic heterocycles. The van der Waals surface area contributed by atoms with Gasteiger partial charge in [-0.3, -0.25) is 4.98 Å². The van der Waals surface area contributed by atoms with Crippen molar-refractivity contribution in [3.05, 3.63) is 416 Å². The Morgan fingerprint density at radius 3 is 0.955 bits per heavy atom. The van der Waals surface area contributed by atoms with Crippen molar-refractivity contribution in [3.63, 3.8) is 0 Å². The molecule has 19 heteroatoms. The highest BCUT2D eigenvalue weighted by molar-refractivity contribution is 7.27. The van der Waals surface area contributed by atoms with Crippen molar-refractivity contribution in [2.75, 3.05) is 0 Å². The van der Waals surface area contributed by atoms with E-state index in [1.54, 1.807) is 40.2 Å². The van der Waals surface area contributed by atoms with Crippen molar-refractivity contribution in [2.45, 2.75) is 0 Å². The third-order valence-electron chi connectivity index (χ3n) is 24.2. The molecule has 0 N–H and O–H groups in total. The zero-order valence-electron chi connectivity index (χ0n) is 70.8. The molecular formula is C115H66Cl3N13S3. The van der Waals surface area contributed by atoms with Gasteiger partial charge in [-0.2, -0.15) is 0 Å². The maximum absolute atomic E-state index is 6.45. The average molecular weight is 1830 g/mol. The summed E-state index contributed by atoms with van der Waals surface area (Å²) in [4.78, 5) is 62.5. The van der Waals surface area contributed by atoms with Crippen LogP contribution >= 0.6 is 68.8 Å². The molecule has 0 atom stereocenters. The number of aromatic nitrogens is 13. The molecule has 13 nitrogen and oxygen atoms in total. The molecule has 0 saturated heterocycles. The van der Waals surface area contributed by atoms with E-state index in [4.69, 9.17) is 64.7 Å². The number of hydrogen-bond donors (Lipinski definition) is 0. The van der Waals surface area contributed by atoms with Gasteiger partial charge in [0, 0.05) is 114 Å². The molecule has 0 radical (unpaired) electrons. The fourth-order valence-corrected chi connectivity index (χ4v) is 21.8. The topological polar surface area (TPSA) is 168 Å². The van der Waals surface area contributed by atoms with Gasteiger partial charge in [-0.25, -0.2) is 59.8 Å². The van der Waals surface area contributed by atoms with Crippen LogP contribution in [-0.2, 0) is 0 Å². The van der Waals surface area contributed by atoms with Crippen LogP contribution in [0.3, 0.4) is 0 Å². The summed E-state index contributed by atoms with van der Waals surface area (Å²) in [6.07, 6.45) is 3.66. The minimum absolute atomic E-state index is 0.236. The summed E-state index contributed by atoms with van der Waals surface area (Å²) in [5.41, 5.74) is 26.1. The lowest BCUT2D eigenvalue weighted by Crippen LogP contribution is -1.96. The van der Waals surface area contributed by atoms with E-state index >= 15 is 0 Å². The number of nitrogens with zero attached hydrogens (tertiary/aromatic N) is 13. The van der Waals surface area contributed by atoms with Crippen molar-refractivity contribution >= 4 is 184 Å². The monoisotopic (exact) mass is 1830 g/mol. The first-order valence-corrected chi connectivity index (χ1v) is 47.0. The number of hydrogen-bond acceptors (Lipinski definition) is 16. The third-order valence-corrected chi connectivity index (χ3v) is 28.2. The molecular weight excluding hydrogens is 1770 g/mol. The van der Waals surface area contributed by atoms with E-state index in [9.17, 15) is 0 Å². The van der Waals surface area contributed by atoms with Crippen molar-refractivity contribution in [3.8, 4) is 135 Å². The van der Waals surface area contributed by atoms with Crippen LogP contribution in [0.4, 0.5) is 0 Å². The van der Waals surface area contributed by atoms with E-state index in [-0.39, 0.29) is 15.9 Å². The lowest BCUT2D eigenvalue weighted by molar-refractivity contribution is 1.22. The Morgan fingerprint density at radius 1 is 0.187 bits per heavy atom. The quantitative estimate of drug-likeness (QED) is 0.0838. The predicted octanol–water partition coefficient (Wildman–Crippen LogP) is 32.0. The van der Waals surface area contributed by atoms with Gasteiger partial charge < -0.3 is 0 Å². The molecule has 10 heterocycles. The molecule has 0 unspecified atom stereocenters. The van der Waals surface area contributed by atoms with Crippen LogP contribution in [0.5, 0.6) is 0 Å². The van der Waals surface area contributed by atoms with Crippen LogP contribution in [0.15, 0.2) is 401 Å². The van der Waals surface area contributed by atoms with Crippen molar-refractivity contribution in [1.82, 2.24) is 64.8 Å². The average Bonchev–Trinajstić information content (AvgIpc) is 1.04. The number of pyridine rings is 1. The van der Waals surface area contributed by atoms with E-state index < -0.39 is 0 Å². The molecule has 0 spiro atoms. The third kappa shape index (κ3) is 15.4. The lowest BCUT2D eigenvalue weighted by Gasteiger charge is -2.14. The van der Waals surface area contributed by atoms with Gasteiger partial charge in [0.1, 0.15) is 0 Å². The SMILES string of the molecule is Clc1nc(-c2ccc(-c3nc(-c4cc(-c5ccccc5)cc(-c5ccccc5)c4)c4ccccc4n3)cc2)c2sc3ccccc3c2n1.Clc1nc(-c2ccc(-c3nc(-c4cc5ccccc5c5ccccc45)c4ccccc4n3)cc2)c2sc3ccccc3c2n1.Clc1nc(-c2ccc(-c3nc(-c4cccc(-c5cccnc5)c4)c4ccccc4n3)cc2)c2sc3ccccc3c2n1. The Labute approximate surface area is 793 Å². The highest BCUT2D eigenvalue weighted by Crippen LogP contribution is 2.46. The number of fused-ring (bicyclic) bond motifs is 15. The summed E-state index contributed by atoms with van der Waals surface area (Å²) in [5.74, 6) is 2.00. The normalized spacial score (nSPS) is 11.5. The molecule has 26 aromatic rings. The van der Waals surface area contributed by atoms with Gasteiger partial charge in [0.2, 0.25) is 15.9 Å². The molecule has 134 heavy (non-hydrogen) atoms. The van der Waals surface area contributed by atoms with Crippen LogP contribution in [0.25, 0.3) is 250 Å². The van der Waals surface area contributed by atoms with Crippen LogP contribution in [0.1, 0.15) is 0 Å². The second-order valence-corrected chi connectivity index (χ2v) is 36.5. The lowest BCUT2D eigenvalue weighted by atomic mass is 9.94. The Bertz CT molecular complexity index is 9070. The first kappa shape index (κ1) is 81.2. The maximum atomic E-state index is 6.45. The molecule has 26 rings (SSSR count). The fraction of sp³-hybridized carbons (Fsp3) is 0. The van der Waals surface area contributed by atoms with Gasteiger partial charge in [-0.05, 0) is 157 Å². The van der Waals surface area contributed by atoms with Gasteiger partial charge in [-0.1, -0.05) is 315 Å². The summed E-state index contributed by atoms with van der Waals surface area (Å²) in [7, 11) is 0. The van der Waals surface area contributed by atoms with E-state index in [1.165, 1.54) is 21.5 Å². The van der Waals surface area contributed by atoms with Gasteiger partial charge in [0.05, 0.1) is 81.4 Å². The van der Waals surface area contributed by atoms with Crippen LogP contribution < -0.4 is 0 Å². The van der Waals surface area contributed by atoms with Crippen LogP contribution in [0.2, 0.25) is 15.9 Å². The Balaban J connectivity index is 0.000000111. The number of rotatable bonds is 12. The summed E-state index contributed by atoms with van der Waals surface area (Å²) in [6, 6.07) is 134. The highest BCUT2D eigenvalue weighted by atomic mass is 35.5. The van der Waals surface area contributed by atoms with E-state index in [1.807, 2.05) is 109 Å².